The van der Waals surface area contributed by atoms with E-state index in [0.29, 0.717) is 24.1 Å². The number of fused-ring (bicyclic) bond motifs is 1. The molecule has 0 aliphatic carbocycles. The highest BCUT2D eigenvalue weighted by molar-refractivity contribution is 6.09. The number of nitrogens with zero attached hydrogens (tertiary/aromatic N) is 4. The van der Waals surface area contributed by atoms with Gasteiger partial charge in [-0.25, -0.2) is 9.78 Å². The SMILES string of the molecule is CC1(c2cccc3ccccc23)C(=O)N(CCCn2ccnc2)C(=O)N1Cc1cccc(C(F)(F)F)c1. The number of amides is 3. The third-order valence-electron chi connectivity index (χ3n) is 6.93. The highest BCUT2D eigenvalue weighted by atomic mass is 19.4. The number of carbonyl (C=O) groups excluding carboxylic acids is 2. The van der Waals surface area contributed by atoms with Crippen molar-refractivity contribution in [1.82, 2.24) is 19.4 Å². The molecule has 3 aromatic carbocycles. The summed E-state index contributed by atoms with van der Waals surface area (Å²) in [7, 11) is 0. The summed E-state index contributed by atoms with van der Waals surface area (Å²) < 4.78 is 42.0. The second-order valence-corrected chi connectivity index (χ2v) is 9.28. The lowest BCUT2D eigenvalue weighted by Crippen LogP contribution is -2.44. The Morgan fingerprint density at radius 1 is 0.946 bits per heavy atom. The van der Waals surface area contributed by atoms with Crippen LogP contribution in [0, 0.1) is 0 Å². The van der Waals surface area contributed by atoms with E-state index in [-0.39, 0.29) is 13.1 Å². The van der Waals surface area contributed by atoms with Crippen molar-refractivity contribution in [3.8, 4) is 0 Å². The molecule has 0 radical (unpaired) electrons. The van der Waals surface area contributed by atoms with Crippen molar-refractivity contribution < 1.29 is 22.8 Å². The van der Waals surface area contributed by atoms with E-state index in [0.717, 1.165) is 22.9 Å². The van der Waals surface area contributed by atoms with Crippen LogP contribution in [0.15, 0.2) is 85.5 Å². The van der Waals surface area contributed by atoms with Crippen LogP contribution in [-0.4, -0.2) is 37.8 Å². The number of hydrogen-bond acceptors (Lipinski definition) is 3. The van der Waals surface area contributed by atoms with Gasteiger partial charge in [0.2, 0.25) is 0 Å². The number of aromatic nitrogens is 2. The van der Waals surface area contributed by atoms with Crippen molar-refractivity contribution in [3.05, 3.63) is 102 Å². The third kappa shape index (κ3) is 4.45. The Labute approximate surface area is 211 Å². The van der Waals surface area contributed by atoms with E-state index in [9.17, 15) is 22.8 Å². The van der Waals surface area contributed by atoms with Crippen molar-refractivity contribution >= 4 is 22.7 Å². The first-order valence-electron chi connectivity index (χ1n) is 11.9. The molecule has 6 nitrogen and oxygen atoms in total. The van der Waals surface area contributed by atoms with Crippen molar-refractivity contribution in [2.45, 2.75) is 38.1 Å². The summed E-state index contributed by atoms with van der Waals surface area (Å²) in [4.78, 5) is 34.3. The minimum absolute atomic E-state index is 0.147. The molecule has 4 aromatic rings. The Hall–Kier alpha value is -4.14. The zero-order valence-corrected chi connectivity index (χ0v) is 20.2. The van der Waals surface area contributed by atoms with Gasteiger partial charge in [-0.2, -0.15) is 13.2 Å². The zero-order valence-electron chi connectivity index (χ0n) is 20.2. The summed E-state index contributed by atoms with van der Waals surface area (Å²) in [5.41, 5.74) is -1.27. The quantitative estimate of drug-likeness (QED) is 0.297. The first-order chi connectivity index (χ1) is 17.7. The van der Waals surface area contributed by atoms with Crippen LogP contribution in [0.5, 0.6) is 0 Å². The molecule has 1 saturated heterocycles. The van der Waals surface area contributed by atoms with Gasteiger partial charge in [0, 0.05) is 32.0 Å². The second-order valence-electron chi connectivity index (χ2n) is 9.28. The summed E-state index contributed by atoms with van der Waals surface area (Å²) >= 11 is 0. The van der Waals surface area contributed by atoms with E-state index >= 15 is 0 Å². The number of carbonyl (C=O) groups is 2. The Kier molecular flexibility index (Phi) is 6.23. The number of urea groups is 1. The van der Waals surface area contributed by atoms with Crippen LogP contribution in [-0.2, 0) is 29.6 Å². The summed E-state index contributed by atoms with van der Waals surface area (Å²) in [5.74, 6) is -0.397. The molecule has 5 rings (SSSR count). The molecule has 37 heavy (non-hydrogen) atoms. The molecule has 0 spiro atoms. The number of benzene rings is 3. The second kappa shape index (κ2) is 9.38. The Bertz CT molecular complexity index is 1450. The number of halogens is 3. The van der Waals surface area contributed by atoms with E-state index < -0.39 is 29.2 Å². The van der Waals surface area contributed by atoms with Gasteiger partial charge < -0.3 is 9.47 Å². The van der Waals surface area contributed by atoms with Crippen molar-refractivity contribution in [1.29, 1.82) is 0 Å². The highest BCUT2D eigenvalue weighted by Gasteiger charge is 2.55. The molecular weight excluding hydrogens is 481 g/mol. The van der Waals surface area contributed by atoms with E-state index in [1.54, 1.807) is 25.6 Å². The summed E-state index contributed by atoms with van der Waals surface area (Å²) in [5, 5.41) is 1.71. The van der Waals surface area contributed by atoms with Gasteiger partial charge in [0.05, 0.1) is 11.9 Å². The van der Waals surface area contributed by atoms with Gasteiger partial charge >= 0.3 is 12.2 Å². The van der Waals surface area contributed by atoms with Crippen LogP contribution in [0.25, 0.3) is 10.8 Å². The highest BCUT2D eigenvalue weighted by Crippen LogP contribution is 2.42. The van der Waals surface area contributed by atoms with Gasteiger partial charge in [-0.3, -0.25) is 9.69 Å². The average Bonchev–Trinajstić information content (AvgIpc) is 3.47. The number of imide groups is 1. The Morgan fingerprint density at radius 2 is 1.70 bits per heavy atom. The van der Waals surface area contributed by atoms with Gasteiger partial charge in [0.1, 0.15) is 5.54 Å². The summed E-state index contributed by atoms with van der Waals surface area (Å²) in [6, 6.07) is 17.5. The van der Waals surface area contributed by atoms with Crippen LogP contribution in [0.3, 0.4) is 0 Å². The fraction of sp³-hybridized carbons (Fsp3) is 0.250. The van der Waals surface area contributed by atoms with E-state index in [1.165, 1.54) is 21.9 Å². The smallest absolute Gasteiger partial charge is 0.337 e. The minimum Gasteiger partial charge on any atom is -0.337 e. The largest absolute Gasteiger partial charge is 0.416 e. The standard InChI is InChI=1S/C28H25F3N4O2/c1-27(24-12-5-9-21-8-2-3-11-23(21)24)25(36)34(15-6-14-33-16-13-32-19-33)26(37)35(27)18-20-7-4-10-22(17-20)28(29,30)31/h2-5,7-13,16-17,19H,6,14-15,18H2,1H3. The molecular formula is C28H25F3N4O2. The Morgan fingerprint density at radius 3 is 2.46 bits per heavy atom. The van der Waals surface area contributed by atoms with E-state index in [4.69, 9.17) is 0 Å². The molecule has 2 heterocycles. The maximum Gasteiger partial charge on any atom is 0.416 e. The number of aryl methyl sites for hydroxylation is 1. The lowest BCUT2D eigenvalue weighted by molar-refractivity contribution is -0.137. The molecule has 9 heteroatoms. The van der Waals surface area contributed by atoms with Gasteiger partial charge in [0.25, 0.3) is 5.91 Å². The maximum atomic E-state index is 14.0. The normalized spacial score (nSPS) is 18.3. The molecule has 1 atom stereocenters. The predicted octanol–water partition coefficient (Wildman–Crippen LogP) is 5.83. The fourth-order valence-corrected chi connectivity index (χ4v) is 4.99. The van der Waals surface area contributed by atoms with Gasteiger partial charge in [-0.05, 0) is 47.4 Å². The van der Waals surface area contributed by atoms with Gasteiger partial charge in [0.15, 0.2) is 0 Å². The number of imidazole rings is 1. The maximum absolute atomic E-state index is 14.0. The molecule has 3 amide bonds. The van der Waals surface area contributed by atoms with Crippen molar-refractivity contribution in [3.63, 3.8) is 0 Å². The van der Waals surface area contributed by atoms with E-state index in [2.05, 4.69) is 4.98 Å². The first-order valence-corrected chi connectivity index (χ1v) is 11.9. The predicted molar refractivity (Wildman–Crippen MR) is 132 cm³/mol. The zero-order chi connectivity index (χ0) is 26.2. The minimum atomic E-state index is -4.51. The molecule has 1 fully saturated rings. The number of rotatable bonds is 7. The first kappa shape index (κ1) is 24.5. The average molecular weight is 507 g/mol. The third-order valence-corrected chi connectivity index (χ3v) is 6.93. The lowest BCUT2D eigenvalue weighted by Gasteiger charge is -2.33. The van der Waals surface area contributed by atoms with Crippen LogP contribution >= 0.6 is 0 Å². The Balaban J connectivity index is 1.54. The summed E-state index contributed by atoms with van der Waals surface area (Å²) in [6.07, 6.45) is 1.11. The monoisotopic (exact) mass is 506 g/mol. The molecule has 0 saturated carbocycles. The van der Waals surface area contributed by atoms with Gasteiger partial charge in [-0.15, -0.1) is 0 Å². The molecule has 1 aliphatic heterocycles. The van der Waals surface area contributed by atoms with Crippen molar-refractivity contribution in [2.24, 2.45) is 0 Å². The van der Waals surface area contributed by atoms with Gasteiger partial charge in [-0.1, -0.05) is 54.6 Å². The van der Waals surface area contributed by atoms with Crippen LogP contribution in [0.4, 0.5) is 18.0 Å². The molecule has 0 bridgehead atoms. The summed E-state index contributed by atoms with van der Waals surface area (Å²) in [6.45, 7) is 2.27. The van der Waals surface area contributed by atoms with Crippen LogP contribution in [0.1, 0.15) is 30.0 Å². The topological polar surface area (TPSA) is 58.4 Å². The molecule has 1 aromatic heterocycles. The number of hydrogen-bond donors (Lipinski definition) is 0. The van der Waals surface area contributed by atoms with Crippen molar-refractivity contribution in [2.75, 3.05) is 6.54 Å². The lowest BCUT2D eigenvalue weighted by atomic mass is 9.86. The van der Waals surface area contributed by atoms with Crippen LogP contribution < -0.4 is 0 Å². The number of alkyl halides is 3. The molecule has 190 valence electrons. The molecule has 1 unspecified atom stereocenters. The molecule has 1 aliphatic rings. The van der Waals surface area contributed by atoms with E-state index in [1.807, 2.05) is 47.0 Å². The van der Waals surface area contributed by atoms with Crippen LogP contribution in [0.2, 0.25) is 0 Å². The fourth-order valence-electron chi connectivity index (χ4n) is 4.99. The molecule has 0 N–H and O–H groups in total.